The van der Waals surface area contributed by atoms with Gasteiger partial charge >= 0.3 is 0 Å². The number of amides is 1. The number of likely N-dealkylation sites (tertiary alicyclic amines) is 1. The second-order valence-corrected chi connectivity index (χ2v) is 8.16. The number of nitrogens with zero attached hydrogens (tertiary/aromatic N) is 3. The number of piperidine rings is 1. The van der Waals surface area contributed by atoms with E-state index in [2.05, 4.69) is 27.1 Å². The number of carbonyl (C=O) groups is 1. The van der Waals surface area contributed by atoms with E-state index in [9.17, 15) is 4.79 Å². The van der Waals surface area contributed by atoms with Crippen LogP contribution in [0.4, 0.5) is 5.69 Å². The largest absolute Gasteiger partial charge is 0.346 e. The Labute approximate surface area is 169 Å². The lowest BCUT2D eigenvalue weighted by molar-refractivity contribution is -0.122. The van der Waals surface area contributed by atoms with Crippen molar-refractivity contribution in [3.63, 3.8) is 0 Å². The Morgan fingerprint density at radius 3 is 2.75 bits per heavy atom. The van der Waals surface area contributed by atoms with Crippen molar-refractivity contribution >= 4 is 34.2 Å². The van der Waals surface area contributed by atoms with E-state index in [1.165, 1.54) is 10.9 Å². The van der Waals surface area contributed by atoms with E-state index in [-0.39, 0.29) is 11.9 Å². The molecule has 4 heterocycles. The minimum Gasteiger partial charge on any atom is -0.346 e. The van der Waals surface area contributed by atoms with Gasteiger partial charge in [0.2, 0.25) is 5.91 Å². The predicted molar refractivity (Wildman–Crippen MR) is 112 cm³/mol. The van der Waals surface area contributed by atoms with Gasteiger partial charge in [-0.25, -0.2) is 4.98 Å². The molecule has 2 aliphatic heterocycles. The molecule has 2 aliphatic rings. The summed E-state index contributed by atoms with van der Waals surface area (Å²) in [6.07, 6.45) is 6.96. The zero-order valence-corrected chi connectivity index (χ0v) is 16.4. The van der Waals surface area contributed by atoms with Gasteiger partial charge in [0.05, 0.1) is 6.04 Å². The minimum atomic E-state index is -0.00966. The molecule has 144 valence electrons. The van der Waals surface area contributed by atoms with Crippen LogP contribution in [-0.4, -0.2) is 46.5 Å². The van der Waals surface area contributed by atoms with Crippen molar-refractivity contribution in [1.82, 2.24) is 14.9 Å². The van der Waals surface area contributed by atoms with Crippen molar-refractivity contribution in [2.45, 2.75) is 31.2 Å². The van der Waals surface area contributed by atoms with Crippen LogP contribution in [0.2, 0.25) is 5.02 Å². The molecule has 0 aliphatic carbocycles. The first-order chi connectivity index (χ1) is 13.7. The number of fused-ring (bicyclic) bond motifs is 1. The second kappa shape index (κ2) is 7.22. The van der Waals surface area contributed by atoms with Crippen LogP contribution in [-0.2, 0) is 4.79 Å². The van der Waals surface area contributed by atoms with Crippen LogP contribution in [0.5, 0.6) is 0 Å². The van der Waals surface area contributed by atoms with Gasteiger partial charge in [-0.3, -0.25) is 9.69 Å². The lowest BCUT2D eigenvalue weighted by Gasteiger charge is -2.35. The Morgan fingerprint density at radius 1 is 1.07 bits per heavy atom. The predicted octanol–water partition coefficient (Wildman–Crippen LogP) is 4.20. The summed E-state index contributed by atoms with van der Waals surface area (Å²) in [6.45, 7) is 2.67. The molecule has 1 atom stereocenters. The van der Waals surface area contributed by atoms with Gasteiger partial charge in [0.1, 0.15) is 5.65 Å². The molecule has 1 unspecified atom stereocenters. The second-order valence-electron chi connectivity index (χ2n) is 7.73. The molecule has 0 bridgehead atoms. The lowest BCUT2D eigenvalue weighted by atomic mass is 9.89. The molecule has 0 saturated carbocycles. The highest BCUT2D eigenvalue weighted by Gasteiger charge is 2.38. The molecule has 1 amide bonds. The Bertz CT molecular complexity index is 1010. The molecule has 5 nitrogen and oxygen atoms in total. The van der Waals surface area contributed by atoms with E-state index < -0.39 is 0 Å². The van der Waals surface area contributed by atoms with Crippen LogP contribution in [0, 0.1) is 0 Å². The highest BCUT2D eigenvalue weighted by Crippen LogP contribution is 2.35. The highest BCUT2D eigenvalue weighted by molar-refractivity contribution is 6.31. The third-order valence-corrected chi connectivity index (χ3v) is 6.43. The number of nitrogens with one attached hydrogen (secondary N) is 1. The Balaban J connectivity index is 1.26. The van der Waals surface area contributed by atoms with Gasteiger partial charge in [-0.15, -0.1) is 0 Å². The number of carbonyl (C=O) groups excluding carboxylic acids is 1. The summed E-state index contributed by atoms with van der Waals surface area (Å²) in [7, 11) is 0. The summed E-state index contributed by atoms with van der Waals surface area (Å²) in [5.41, 5.74) is 3.23. The normalized spacial score (nSPS) is 21.7. The molecule has 1 N–H and O–H groups in total. The van der Waals surface area contributed by atoms with Gasteiger partial charge < -0.3 is 9.88 Å². The fraction of sp³-hybridized carbons (Fsp3) is 0.364. The summed E-state index contributed by atoms with van der Waals surface area (Å²) in [5.74, 6) is 0.728. The van der Waals surface area contributed by atoms with E-state index in [4.69, 9.17) is 11.6 Å². The standard InChI is InChI=1S/C22H23ClN4O/c23-16-3-1-4-17(13-16)27-12-8-20(22(27)28)26-10-6-15(7-11-26)19-14-25-21-18(19)5-2-9-24-21/h1-5,9,13-15,20H,6-8,10-12H2,(H,24,25). The average molecular weight is 395 g/mol. The number of aromatic amines is 1. The molecule has 0 radical (unpaired) electrons. The first-order valence-corrected chi connectivity index (χ1v) is 10.3. The Kier molecular flexibility index (Phi) is 4.57. The van der Waals surface area contributed by atoms with Crippen LogP contribution in [0.3, 0.4) is 0 Å². The van der Waals surface area contributed by atoms with E-state index in [0.717, 1.165) is 50.2 Å². The Hall–Kier alpha value is -2.37. The summed E-state index contributed by atoms with van der Waals surface area (Å²) in [6, 6.07) is 11.7. The third-order valence-electron chi connectivity index (χ3n) is 6.19. The zero-order chi connectivity index (χ0) is 19.1. The topological polar surface area (TPSA) is 52.2 Å². The quantitative estimate of drug-likeness (QED) is 0.724. The molecule has 3 aromatic rings. The van der Waals surface area contributed by atoms with E-state index in [0.29, 0.717) is 10.9 Å². The third kappa shape index (κ3) is 3.09. The number of halogens is 1. The van der Waals surface area contributed by atoms with Gasteiger partial charge in [0.25, 0.3) is 0 Å². The Morgan fingerprint density at radius 2 is 1.93 bits per heavy atom. The number of aromatic nitrogens is 2. The zero-order valence-electron chi connectivity index (χ0n) is 15.6. The summed E-state index contributed by atoms with van der Waals surface area (Å²) in [4.78, 5) is 25.0. The lowest BCUT2D eigenvalue weighted by Crippen LogP contribution is -2.45. The fourth-order valence-corrected chi connectivity index (χ4v) is 4.93. The molecule has 1 aromatic carbocycles. The monoisotopic (exact) mass is 394 g/mol. The number of benzene rings is 1. The average Bonchev–Trinajstić information content (AvgIpc) is 3.32. The molecule has 2 aromatic heterocycles. The number of pyridine rings is 1. The van der Waals surface area contributed by atoms with Crippen molar-refractivity contribution in [2.75, 3.05) is 24.5 Å². The summed E-state index contributed by atoms with van der Waals surface area (Å²) >= 11 is 6.11. The summed E-state index contributed by atoms with van der Waals surface area (Å²) in [5, 5.41) is 1.90. The van der Waals surface area contributed by atoms with Crippen molar-refractivity contribution < 1.29 is 4.79 Å². The molecule has 28 heavy (non-hydrogen) atoms. The maximum Gasteiger partial charge on any atom is 0.244 e. The van der Waals surface area contributed by atoms with Gasteiger partial charge in [-0.05, 0) is 74.2 Å². The van der Waals surface area contributed by atoms with Crippen LogP contribution in [0.25, 0.3) is 11.0 Å². The molecule has 6 heteroatoms. The maximum absolute atomic E-state index is 13.0. The molecule has 0 spiro atoms. The van der Waals surface area contributed by atoms with Crippen LogP contribution in [0.1, 0.15) is 30.7 Å². The number of hydrogen-bond donors (Lipinski definition) is 1. The number of rotatable bonds is 3. The van der Waals surface area contributed by atoms with Crippen molar-refractivity contribution in [1.29, 1.82) is 0 Å². The van der Waals surface area contributed by atoms with Gasteiger partial charge in [-0.2, -0.15) is 0 Å². The number of anilines is 1. The van der Waals surface area contributed by atoms with E-state index in [1.807, 2.05) is 41.4 Å². The van der Waals surface area contributed by atoms with Gasteiger partial charge in [0, 0.05) is 35.0 Å². The van der Waals surface area contributed by atoms with Crippen LogP contribution >= 0.6 is 11.6 Å². The van der Waals surface area contributed by atoms with Crippen molar-refractivity contribution in [3.8, 4) is 0 Å². The van der Waals surface area contributed by atoms with Crippen molar-refractivity contribution in [2.24, 2.45) is 0 Å². The molecule has 2 fully saturated rings. The van der Waals surface area contributed by atoms with Crippen molar-refractivity contribution in [3.05, 3.63) is 59.4 Å². The fourth-order valence-electron chi connectivity index (χ4n) is 4.74. The first-order valence-electron chi connectivity index (χ1n) is 9.94. The SMILES string of the molecule is O=C1C(N2CCC(c3c[nH]c4ncccc34)CC2)CCN1c1cccc(Cl)c1. The number of H-pyrrole nitrogens is 1. The smallest absolute Gasteiger partial charge is 0.244 e. The number of hydrogen-bond acceptors (Lipinski definition) is 3. The highest BCUT2D eigenvalue weighted by atomic mass is 35.5. The van der Waals surface area contributed by atoms with E-state index >= 15 is 0 Å². The summed E-state index contributed by atoms with van der Waals surface area (Å²) < 4.78 is 0. The minimum absolute atomic E-state index is 0.00966. The molecule has 2 saturated heterocycles. The first kappa shape index (κ1) is 17.7. The van der Waals surface area contributed by atoms with Crippen LogP contribution in [0.15, 0.2) is 48.8 Å². The van der Waals surface area contributed by atoms with Gasteiger partial charge in [0.15, 0.2) is 0 Å². The molecular weight excluding hydrogens is 372 g/mol. The maximum atomic E-state index is 13.0. The van der Waals surface area contributed by atoms with E-state index in [1.54, 1.807) is 0 Å². The molecule has 5 rings (SSSR count). The van der Waals surface area contributed by atoms with Gasteiger partial charge in [-0.1, -0.05) is 17.7 Å². The van der Waals surface area contributed by atoms with Crippen LogP contribution < -0.4 is 4.90 Å². The molecular formula is C22H23ClN4O.